The molecule has 1 N–H and O–H groups in total. The van der Waals surface area contributed by atoms with Crippen molar-refractivity contribution >= 4 is 0 Å². The molecule has 2 unspecified atom stereocenters. The van der Waals surface area contributed by atoms with Crippen LogP contribution < -0.4 is 5.32 Å². The molecule has 0 heterocycles. The molecule has 0 aliphatic heterocycles. The highest BCUT2D eigenvalue weighted by Gasteiger charge is 2.39. The van der Waals surface area contributed by atoms with Crippen molar-refractivity contribution in [3.05, 3.63) is 0 Å². The molecule has 108 valence electrons. The molecule has 2 aliphatic rings. The first-order chi connectivity index (χ1) is 9.21. The van der Waals surface area contributed by atoms with E-state index in [0.717, 1.165) is 31.8 Å². The minimum absolute atomic E-state index is 0.258. The SMILES string of the molecule is CCCNC1(C#N)CCCC(N(C)C2CCCC2)C1. The summed E-state index contributed by atoms with van der Waals surface area (Å²) in [6.07, 6.45) is 11.1. The Morgan fingerprint density at radius 1 is 1.21 bits per heavy atom. The summed E-state index contributed by atoms with van der Waals surface area (Å²) in [4.78, 5) is 2.59. The maximum Gasteiger partial charge on any atom is 0.108 e. The molecule has 2 saturated carbocycles. The van der Waals surface area contributed by atoms with E-state index in [4.69, 9.17) is 0 Å². The number of hydrogen-bond acceptors (Lipinski definition) is 3. The van der Waals surface area contributed by atoms with Crippen LogP contribution in [0.1, 0.15) is 64.7 Å². The molecule has 3 nitrogen and oxygen atoms in total. The van der Waals surface area contributed by atoms with Crippen LogP contribution in [0.4, 0.5) is 0 Å². The second-order valence-electron chi connectivity index (χ2n) is 6.47. The first-order valence-electron chi connectivity index (χ1n) is 8.09. The average molecular weight is 263 g/mol. The lowest BCUT2D eigenvalue weighted by atomic mass is 9.79. The van der Waals surface area contributed by atoms with Gasteiger partial charge in [0.25, 0.3) is 0 Å². The van der Waals surface area contributed by atoms with E-state index in [1.165, 1.54) is 38.5 Å². The van der Waals surface area contributed by atoms with E-state index in [1.54, 1.807) is 0 Å². The predicted molar refractivity (Wildman–Crippen MR) is 78.9 cm³/mol. The normalized spacial score (nSPS) is 32.6. The zero-order valence-corrected chi connectivity index (χ0v) is 12.6. The minimum atomic E-state index is -0.258. The van der Waals surface area contributed by atoms with Crippen LogP contribution in [0.25, 0.3) is 0 Å². The Bertz CT molecular complexity index is 316. The third-order valence-electron chi connectivity index (χ3n) is 5.13. The Morgan fingerprint density at radius 3 is 2.53 bits per heavy atom. The molecule has 3 heteroatoms. The zero-order valence-electron chi connectivity index (χ0n) is 12.6. The van der Waals surface area contributed by atoms with E-state index >= 15 is 0 Å². The fraction of sp³-hybridized carbons (Fsp3) is 0.938. The first kappa shape index (κ1) is 14.8. The van der Waals surface area contributed by atoms with Gasteiger partial charge in [0, 0.05) is 12.1 Å². The van der Waals surface area contributed by atoms with Crippen molar-refractivity contribution in [2.24, 2.45) is 0 Å². The topological polar surface area (TPSA) is 39.1 Å². The van der Waals surface area contributed by atoms with Crippen molar-refractivity contribution in [1.82, 2.24) is 10.2 Å². The van der Waals surface area contributed by atoms with E-state index < -0.39 is 0 Å². The monoisotopic (exact) mass is 263 g/mol. The van der Waals surface area contributed by atoms with Crippen LogP contribution in [0.15, 0.2) is 0 Å². The summed E-state index contributed by atoms with van der Waals surface area (Å²) in [6.45, 7) is 3.14. The quantitative estimate of drug-likeness (QED) is 0.828. The summed E-state index contributed by atoms with van der Waals surface area (Å²) >= 11 is 0. The lowest BCUT2D eigenvalue weighted by molar-refractivity contribution is 0.107. The van der Waals surface area contributed by atoms with E-state index in [0.29, 0.717) is 6.04 Å². The Kier molecular flexibility index (Phi) is 5.24. The molecule has 0 amide bonds. The molecule has 0 spiro atoms. The van der Waals surface area contributed by atoms with Crippen molar-refractivity contribution < 1.29 is 0 Å². The highest BCUT2D eigenvalue weighted by Crippen LogP contribution is 2.34. The molecule has 0 aromatic carbocycles. The van der Waals surface area contributed by atoms with Crippen molar-refractivity contribution in [3.8, 4) is 6.07 Å². The number of nitrogens with one attached hydrogen (secondary N) is 1. The van der Waals surface area contributed by atoms with E-state index in [1.807, 2.05) is 0 Å². The van der Waals surface area contributed by atoms with Gasteiger partial charge < -0.3 is 4.90 Å². The van der Waals surface area contributed by atoms with Gasteiger partial charge in [-0.15, -0.1) is 0 Å². The molecule has 0 aromatic heterocycles. The molecule has 0 radical (unpaired) electrons. The molecular formula is C16H29N3. The van der Waals surface area contributed by atoms with E-state index in [9.17, 15) is 5.26 Å². The summed E-state index contributed by atoms with van der Waals surface area (Å²) < 4.78 is 0. The molecule has 19 heavy (non-hydrogen) atoms. The zero-order chi connectivity index (χ0) is 13.7. The van der Waals surface area contributed by atoms with E-state index in [2.05, 4.69) is 30.3 Å². The fourth-order valence-corrected chi connectivity index (χ4v) is 3.87. The standard InChI is InChI=1S/C16H29N3/c1-3-11-18-16(13-17)10-6-9-15(12-16)19(2)14-7-4-5-8-14/h14-15,18H,3-12H2,1-2H3. The Labute approximate surface area is 118 Å². The van der Waals surface area contributed by atoms with Gasteiger partial charge in [0.05, 0.1) is 6.07 Å². The number of nitrogens with zero attached hydrogens (tertiary/aromatic N) is 2. The van der Waals surface area contributed by atoms with Crippen LogP contribution >= 0.6 is 0 Å². The van der Waals surface area contributed by atoms with Crippen LogP contribution in [0, 0.1) is 11.3 Å². The van der Waals surface area contributed by atoms with Gasteiger partial charge in [0.15, 0.2) is 0 Å². The molecule has 2 aliphatic carbocycles. The van der Waals surface area contributed by atoms with Gasteiger partial charge in [-0.25, -0.2) is 0 Å². The van der Waals surface area contributed by atoms with Gasteiger partial charge in [0.2, 0.25) is 0 Å². The molecule has 0 saturated heterocycles. The lowest BCUT2D eigenvalue weighted by Crippen LogP contribution is -2.53. The molecule has 0 bridgehead atoms. The van der Waals surface area contributed by atoms with E-state index in [-0.39, 0.29) is 5.54 Å². The maximum absolute atomic E-state index is 9.60. The Balaban J connectivity index is 1.96. The summed E-state index contributed by atoms with van der Waals surface area (Å²) in [7, 11) is 2.29. The predicted octanol–water partition coefficient (Wildman–Crippen LogP) is 3.07. The van der Waals surface area contributed by atoms with Crippen molar-refractivity contribution in [2.75, 3.05) is 13.6 Å². The van der Waals surface area contributed by atoms with Gasteiger partial charge in [-0.2, -0.15) is 5.26 Å². The Morgan fingerprint density at radius 2 is 1.89 bits per heavy atom. The second kappa shape index (κ2) is 6.72. The third kappa shape index (κ3) is 3.49. The molecule has 2 fully saturated rings. The van der Waals surface area contributed by atoms with Gasteiger partial charge in [0.1, 0.15) is 5.54 Å². The summed E-state index contributed by atoms with van der Waals surface area (Å²) in [5.41, 5.74) is -0.258. The Hall–Kier alpha value is -0.590. The lowest BCUT2D eigenvalue weighted by Gasteiger charge is -2.42. The fourth-order valence-electron chi connectivity index (χ4n) is 3.87. The largest absolute Gasteiger partial charge is 0.300 e. The van der Waals surface area contributed by atoms with Gasteiger partial charge in [-0.3, -0.25) is 5.32 Å². The van der Waals surface area contributed by atoms with Crippen LogP contribution in [0.3, 0.4) is 0 Å². The van der Waals surface area contributed by atoms with Crippen molar-refractivity contribution in [1.29, 1.82) is 5.26 Å². The van der Waals surface area contributed by atoms with Gasteiger partial charge in [-0.05, 0) is 58.5 Å². The molecular weight excluding hydrogens is 234 g/mol. The highest BCUT2D eigenvalue weighted by atomic mass is 15.2. The smallest absolute Gasteiger partial charge is 0.108 e. The molecule has 2 rings (SSSR count). The van der Waals surface area contributed by atoms with Crippen molar-refractivity contribution in [3.63, 3.8) is 0 Å². The van der Waals surface area contributed by atoms with Gasteiger partial charge in [-0.1, -0.05) is 19.8 Å². The summed E-state index contributed by atoms with van der Waals surface area (Å²) in [5, 5.41) is 13.1. The van der Waals surface area contributed by atoms with Gasteiger partial charge >= 0.3 is 0 Å². The third-order valence-corrected chi connectivity index (χ3v) is 5.13. The number of hydrogen-bond donors (Lipinski definition) is 1. The van der Waals surface area contributed by atoms with Crippen molar-refractivity contribution in [2.45, 2.75) is 82.3 Å². The second-order valence-corrected chi connectivity index (χ2v) is 6.47. The van der Waals surface area contributed by atoms with Crippen LogP contribution in [-0.2, 0) is 0 Å². The summed E-state index contributed by atoms with van der Waals surface area (Å²) in [5.74, 6) is 0. The molecule has 0 aromatic rings. The van der Waals surface area contributed by atoms with Crippen LogP contribution in [0.2, 0.25) is 0 Å². The maximum atomic E-state index is 9.60. The average Bonchev–Trinajstić information content (AvgIpc) is 2.99. The molecule has 2 atom stereocenters. The summed E-state index contributed by atoms with van der Waals surface area (Å²) in [6, 6.07) is 3.96. The minimum Gasteiger partial charge on any atom is -0.300 e. The number of nitriles is 1. The van der Waals surface area contributed by atoms with Crippen LogP contribution in [0.5, 0.6) is 0 Å². The first-order valence-corrected chi connectivity index (χ1v) is 8.09. The van der Waals surface area contributed by atoms with Crippen LogP contribution in [-0.4, -0.2) is 36.1 Å². The highest BCUT2D eigenvalue weighted by molar-refractivity contribution is 5.11. The number of rotatable bonds is 5.